The summed E-state index contributed by atoms with van der Waals surface area (Å²) in [6.07, 6.45) is 1.30. The van der Waals surface area contributed by atoms with E-state index in [4.69, 9.17) is 9.84 Å². The smallest absolute Gasteiger partial charge is 0.305 e. The van der Waals surface area contributed by atoms with Gasteiger partial charge in [-0.3, -0.25) is 24.1 Å². The van der Waals surface area contributed by atoms with Crippen molar-refractivity contribution in [2.75, 3.05) is 20.2 Å². The Balaban J connectivity index is 2.05. The molecule has 0 atom stereocenters. The molecule has 0 radical (unpaired) electrons. The number of nitrogens with one attached hydrogen (secondary N) is 1. The van der Waals surface area contributed by atoms with Crippen molar-refractivity contribution in [3.8, 4) is 5.75 Å². The third-order valence-electron chi connectivity index (χ3n) is 3.26. The van der Waals surface area contributed by atoms with Gasteiger partial charge in [-0.1, -0.05) is 18.2 Å². The van der Waals surface area contributed by atoms with E-state index >= 15 is 0 Å². The van der Waals surface area contributed by atoms with Crippen molar-refractivity contribution >= 4 is 40.9 Å². The van der Waals surface area contributed by atoms with Gasteiger partial charge in [0.2, 0.25) is 5.91 Å². The zero-order valence-electron chi connectivity index (χ0n) is 13.4. The number of rotatable bonds is 7. The second-order valence-electron chi connectivity index (χ2n) is 5.00. The SMILES string of the molecule is COc1ccccc1/C=C1\SC(=O)N(CC(=O)NCCC(=O)O)C1=O. The van der Waals surface area contributed by atoms with Crippen LogP contribution in [0.2, 0.25) is 0 Å². The highest BCUT2D eigenvalue weighted by atomic mass is 32.2. The van der Waals surface area contributed by atoms with Crippen LogP contribution in [0.3, 0.4) is 0 Å². The van der Waals surface area contributed by atoms with Gasteiger partial charge in [-0.15, -0.1) is 0 Å². The quantitative estimate of drug-likeness (QED) is 0.702. The molecule has 2 N–H and O–H groups in total. The summed E-state index contributed by atoms with van der Waals surface area (Å²) in [7, 11) is 1.50. The van der Waals surface area contributed by atoms with Crippen LogP contribution in [0.4, 0.5) is 4.79 Å². The van der Waals surface area contributed by atoms with Crippen LogP contribution in [0.25, 0.3) is 6.08 Å². The van der Waals surface area contributed by atoms with Crippen molar-refractivity contribution in [1.29, 1.82) is 0 Å². The number of imide groups is 1. The first-order valence-corrected chi connectivity index (χ1v) is 8.11. The minimum atomic E-state index is -1.05. The fourth-order valence-electron chi connectivity index (χ4n) is 2.07. The summed E-state index contributed by atoms with van der Waals surface area (Å²) in [4.78, 5) is 47.5. The molecule has 2 rings (SSSR count). The van der Waals surface area contributed by atoms with Crippen LogP contribution in [0.5, 0.6) is 5.75 Å². The first-order chi connectivity index (χ1) is 11.9. The number of thioether (sulfide) groups is 1. The standard InChI is InChI=1S/C16H16N2O6S/c1-24-11-5-3-2-4-10(11)8-12-15(22)18(16(23)25-12)9-13(19)17-7-6-14(20)21/h2-5,8H,6-7,9H2,1H3,(H,17,19)(H,20,21)/b12-8-. The van der Waals surface area contributed by atoms with Crippen LogP contribution in [0, 0.1) is 0 Å². The molecule has 1 aromatic carbocycles. The normalized spacial score (nSPS) is 15.6. The molecule has 132 valence electrons. The van der Waals surface area contributed by atoms with E-state index in [1.54, 1.807) is 24.3 Å². The summed E-state index contributed by atoms with van der Waals surface area (Å²) in [5, 5.41) is 10.3. The molecule has 0 aromatic heterocycles. The number of amides is 3. The summed E-state index contributed by atoms with van der Waals surface area (Å²) in [5.41, 5.74) is 0.640. The van der Waals surface area contributed by atoms with Crippen LogP contribution in [0.1, 0.15) is 12.0 Å². The summed E-state index contributed by atoms with van der Waals surface area (Å²) in [5.74, 6) is -1.66. The molecule has 3 amide bonds. The van der Waals surface area contributed by atoms with Gasteiger partial charge in [0.05, 0.1) is 18.4 Å². The van der Waals surface area contributed by atoms with E-state index in [2.05, 4.69) is 5.32 Å². The Bertz CT molecular complexity index is 746. The Kier molecular flexibility index (Phi) is 6.18. The molecule has 0 saturated carbocycles. The fourth-order valence-corrected chi connectivity index (χ4v) is 2.90. The van der Waals surface area contributed by atoms with Crippen molar-refractivity contribution in [2.45, 2.75) is 6.42 Å². The molecule has 8 nitrogen and oxygen atoms in total. The molecular formula is C16H16N2O6S. The van der Waals surface area contributed by atoms with E-state index in [-0.39, 0.29) is 17.9 Å². The molecule has 1 heterocycles. The predicted octanol–water partition coefficient (Wildman–Crippen LogP) is 1.32. The summed E-state index contributed by atoms with van der Waals surface area (Å²) in [6.45, 7) is -0.519. The fraction of sp³-hybridized carbons (Fsp3) is 0.250. The van der Waals surface area contributed by atoms with Gasteiger partial charge < -0.3 is 15.2 Å². The first kappa shape index (κ1) is 18.5. The number of hydrogen-bond donors (Lipinski definition) is 2. The average molecular weight is 364 g/mol. The van der Waals surface area contributed by atoms with Gasteiger partial charge in [-0.05, 0) is 23.9 Å². The van der Waals surface area contributed by atoms with Gasteiger partial charge in [0.15, 0.2) is 0 Å². The Morgan fingerprint density at radius 3 is 2.72 bits per heavy atom. The average Bonchev–Trinajstić information content (AvgIpc) is 2.82. The zero-order valence-corrected chi connectivity index (χ0v) is 14.2. The van der Waals surface area contributed by atoms with E-state index in [1.807, 2.05) is 0 Å². The van der Waals surface area contributed by atoms with Gasteiger partial charge in [0, 0.05) is 12.1 Å². The lowest BCUT2D eigenvalue weighted by atomic mass is 10.2. The second kappa shape index (κ2) is 8.34. The molecule has 0 bridgehead atoms. The Morgan fingerprint density at radius 1 is 1.32 bits per heavy atom. The number of benzene rings is 1. The summed E-state index contributed by atoms with van der Waals surface area (Å²) < 4.78 is 5.20. The number of ether oxygens (including phenoxy) is 1. The maximum absolute atomic E-state index is 12.3. The van der Waals surface area contributed by atoms with Crippen LogP contribution >= 0.6 is 11.8 Å². The second-order valence-corrected chi connectivity index (χ2v) is 6.00. The highest BCUT2D eigenvalue weighted by Gasteiger charge is 2.36. The van der Waals surface area contributed by atoms with Crippen LogP contribution in [-0.2, 0) is 14.4 Å². The molecule has 0 aliphatic carbocycles. The maximum atomic E-state index is 12.3. The molecule has 1 aromatic rings. The number of carboxylic acids is 1. The maximum Gasteiger partial charge on any atom is 0.305 e. The number of carboxylic acid groups (broad SMARTS) is 1. The van der Waals surface area contributed by atoms with Crippen molar-refractivity contribution in [3.05, 3.63) is 34.7 Å². The molecule has 1 fully saturated rings. The van der Waals surface area contributed by atoms with E-state index in [1.165, 1.54) is 13.2 Å². The summed E-state index contributed by atoms with van der Waals surface area (Å²) >= 11 is 0.735. The largest absolute Gasteiger partial charge is 0.496 e. The monoisotopic (exact) mass is 364 g/mol. The van der Waals surface area contributed by atoms with Crippen LogP contribution in [-0.4, -0.2) is 53.2 Å². The van der Waals surface area contributed by atoms with Crippen molar-refractivity contribution in [2.24, 2.45) is 0 Å². The number of nitrogens with zero attached hydrogens (tertiary/aromatic N) is 1. The van der Waals surface area contributed by atoms with E-state index in [9.17, 15) is 19.2 Å². The minimum Gasteiger partial charge on any atom is -0.496 e. The van der Waals surface area contributed by atoms with E-state index in [0.29, 0.717) is 11.3 Å². The summed E-state index contributed by atoms with van der Waals surface area (Å²) in [6, 6.07) is 7.02. The lowest BCUT2D eigenvalue weighted by Gasteiger charge is -2.12. The van der Waals surface area contributed by atoms with Gasteiger partial charge in [0.1, 0.15) is 12.3 Å². The lowest BCUT2D eigenvalue weighted by Crippen LogP contribution is -2.40. The predicted molar refractivity (Wildman–Crippen MR) is 90.9 cm³/mol. The number of hydrogen-bond acceptors (Lipinski definition) is 6. The molecule has 1 saturated heterocycles. The minimum absolute atomic E-state index is 0.0680. The molecular weight excluding hydrogens is 348 g/mol. The lowest BCUT2D eigenvalue weighted by molar-refractivity contribution is -0.137. The highest BCUT2D eigenvalue weighted by Crippen LogP contribution is 2.33. The van der Waals surface area contributed by atoms with Gasteiger partial charge in [-0.25, -0.2) is 0 Å². The Morgan fingerprint density at radius 2 is 2.04 bits per heavy atom. The third-order valence-corrected chi connectivity index (χ3v) is 4.17. The van der Waals surface area contributed by atoms with Gasteiger partial charge in [-0.2, -0.15) is 0 Å². The molecule has 0 spiro atoms. The third kappa shape index (κ3) is 4.83. The van der Waals surface area contributed by atoms with Crippen LogP contribution < -0.4 is 10.1 Å². The number of carbonyl (C=O) groups is 4. The van der Waals surface area contributed by atoms with Crippen molar-refractivity contribution < 1.29 is 29.0 Å². The van der Waals surface area contributed by atoms with Crippen LogP contribution in [0.15, 0.2) is 29.2 Å². The molecule has 0 unspecified atom stereocenters. The highest BCUT2D eigenvalue weighted by molar-refractivity contribution is 8.18. The van der Waals surface area contributed by atoms with Crippen molar-refractivity contribution in [1.82, 2.24) is 10.2 Å². The number of aliphatic carboxylic acids is 1. The molecule has 25 heavy (non-hydrogen) atoms. The van der Waals surface area contributed by atoms with E-state index < -0.39 is 29.6 Å². The zero-order chi connectivity index (χ0) is 18.4. The van der Waals surface area contributed by atoms with Crippen molar-refractivity contribution in [3.63, 3.8) is 0 Å². The number of methoxy groups -OCH3 is 1. The number of para-hydroxylation sites is 1. The van der Waals surface area contributed by atoms with Gasteiger partial charge >= 0.3 is 5.97 Å². The topological polar surface area (TPSA) is 113 Å². The Hall–Kier alpha value is -2.81. The van der Waals surface area contributed by atoms with E-state index in [0.717, 1.165) is 16.7 Å². The molecule has 1 aliphatic heterocycles. The molecule has 9 heteroatoms. The Labute approximate surface area is 147 Å². The van der Waals surface area contributed by atoms with Gasteiger partial charge in [0.25, 0.3) is 11.1 Å². The first-order valence-electron chi connectivity index (χ1n) is 7.29. The molecule has 1 aliphatic rings. The number of carbonyl (C=O) groups excluding carboxylic acids is 3.